The molecule has 2 aromatic heterocycles. The molecule has 0 unspecified atom stereocenters. The van der Waals surface area contributed by atoms with Gasteiger partial charge in [0.2, 0.25) is 5.91 Å². The van der Waals surface area contributed by atoms with Crippen molar-refractivity contribution in [3.05, 3.63) is 60.8 Å². The molecule has 4 aromatic rings. The van der Waals surface area contributed by atoms with Gasteiger partial charge in [-0.15, -0.1) is 0 Å². The minimum Gasteiger partial charge on any atom is -0.457 e. The molecule has 4 N–H and O–H groups in total. The van der Waals surface area contributed by atoms with Crippen LogP contribution in [0.15, 0.2) is 60.8 Å². The summed E-state index contributed by atoms with van der Waals surface area (Å²) in [7, 11) is 0. The number of nitrogen functional groups attached to an aromatic ring is 1. The van der Waals surface area contributed by atoms with Crippen LogP contribution in [0.1, 0.15) is 32.7 Å². The molecule has 1 aliphatic rings. The molecule has 36 heavy (non-hydrogen) atoms. The van der Waals surface area contributed by atoms with E-state index in [4.69, 9.17) is 21.2 Å². The summed E-state index contributed by atoms with van der Waals surface area (Å²) in [4.78, 5) is 24.1. The largest absolute Gasteiger partial charge is 0.457 e. The van der Waals surface area contributed by atoms with Crippen LogP contribution in [0.3, 0.4) is 0 Å². The Kier molecular flexibility index (Phi) is 6.56. The third-order valence-corrected chi connectivity index (χ3v) is 6.63. The number of carbonyl (C=O) groups is 1. The summed E-state index contributed by atoms with van der Waals surface area (Å²) in [6, 6.07) is 16.7. The Morgan fingerprint density at radius 3 is 2.50 bits per heavy atom. The summed E-state index contributed by atoms with van der Waals surface area (Å²) in [5, 5.41) is 5.29. The number of hydrogen-bond donors (Lipinski definition) is 2. The van der Waals surface area contributed by atoms with E-state index in [1.54, 1.807) is 6.20 Å². The van der Waals surface area contributed by atoms with Gasteiger partial charge in [0.05, 0.1) is 23.7 Å². The van der Waals surface area contributed by atoms with Crippen LogP contribution in [0.5, 0.6) is 11.5 Å². The number of ether oxygens (including phenoxy) is 1. The predicted molar refractivity (Wildman–Crippen MR) is 139 cm³/mol. The van der Waals surface area contributed by atoms with Gasteiger partial charge in [0.1, 0.15) is 17.3 Å². The standard InChI is InChI=1S/C27H31N7O2/c1-17(2)23(28)27(35)33-14-6-7-19(16-33)34-26-22(15-30-34)24(29)31-25(32-26)18-10-12-21(13-11-18)36-20-8-4-3-5-9-20/h3-5,8-13,15,17,19,23H,6-7,14,16,28H2,1-2H3,(H2,29,31,32)/t19-,23-/m1/s1. The van der Waals surface area contributed by atoms with Crippen LogP contribution in [0.2, 0.25) is 0 Å². The zero-order valence-corrected chi connectivity index (χ0v) is 20.5. The molecule has 1 aliphatic heterocycles. The average molecular weight is 486 g/mol. The number of amides is 1. The molecule has 1 fully saturated rings. The van der Waals surface area contributed by atoms with Crippen LogP contribution in [0.4, 0.5) is 5.82 Å². The number of carbonyl (C=O) groups excluding carboxylic acids is 1. The van der Waals surface area contributed by atoms with Crippen LogP contribution < -0.4 is 16.2 Å². The molecule has 1 saturated heterocycles. The number of hydrogen-bond acceptors (Lipinski definition) is 7. The van der Waals surface area contributed by atoms with Crippen molar-refractivity contribution < 1.29 is 9.53 Å². The zero-order chi connectivity index (χ0) is 25.2. The predicted octanol–water partition coefficient (Wildman–Crippen LogP) is 4.01. The number of rotatable bonds is 6. The lowest BCUT2D eigenvalue weighted by Crippen LogP contribution is -2.50. The molecule has 2 aromatic carbocycles. The number of likely N-dealkylation sites (tertiary alicyclic amines) is 1. The van der Waals surface area contributed by atoms with E-state index in [2.05, 4.69) is 10.1 Å². The fraction of sp³-hybridized carbons (Fsp3) is 0.333. The number of benzene rings is 2. The lowest BCUT2D eigenvalue weighted by molar-refractivity contribution is -0.135. The number of fused-ring (bicyclic) bond motifs is 1. The van der Waals surface area contributed by atoms with Crippen LogP contribution in [-0.4, -0.2) is 49.7 Å². The highest BCUT2D eigenvalue weighted by Crippen LogP contribution is 2.30. The van der Waals surface area contributed by atoms with Crippen molar-refractivity contribution in [1.82, 2.24) is 24.6 Å². The first-order chi connectivity index (χ1) is 17.4. The van der Waals surface area contributed by atoms with Crippen molar-refractivity contribution in [1.29, 1.82) is 0 Å². The van der Waals surface area contributed by atoms with Crippen molar-refractivity contribution >= 4 is 22.8 Å². The van der Waals surface area contributed by atoms with Gasteiger partial charge in [-0.05, 0) is 55.2 Å². The summed E-state index contributed by atoms with van der Waals surface area (Å²) in [6.45, 7) is 5.18. The fourth-order valence-electron chi connectivity index (χ4n) is 4.49. The van der Waals surface area contributed by atoms with Gasteiger partial charge in [0.15, 0.2) is 11.5 Å². The molecule has 0 aliphatic carbocycles. The molecule has 0 spiro atoms. The molecule has 0 saturated carbocycles. The van der Waals surface area contributed by atoms with Crippen LogP contribution in [-0.2, 0) is 4.79 Å². The Balaban J connectivity index is 1.40. The molecular weight excluding hydrogens is 454 g/mol. The normalized spacial score (nSPS) is 16.9. The fourth-order valence-corrected chi connectivity index (χ4v) is 4.49. The van der Waals surface area contributed by atoms with Crippen LogP contribution in [0, 0.1) is 5.92 Å². The Hall–Kier alpha value is -3.98. The Labute approximate surface area is 210 Å². The van der Waals surface area contributed by atoms with Crippen molar-refractivity contribution in [2.24, 2.45) is 11.7 Å². The summed E-state index contributed by atoms with van der Waals surface area (Å²) >= 11 is 0. The zero-order valence-electron chi connectivity index (χ0n) is 20.5. The summed E-state index contributed by atoms with van der Waals surface area (Å²) in [6.07, 6.45) is 3.47. The highest BCUT2D eigenvalue weighted by molar-refractivity contribution is 5.87. The molecule has 0 bridgehead atoms. The summed E-state index contributed by atoms with van der Waals surface area (Å²) in [5.74, 6) is 2.44. The van der Waals surface area contributed by atoms with Crippen molar-refractivity contribution in [3.8, 4) is 22.9 Å². The van der Waals surface area contributed by atoms with Gasteiger partial charge in [-0.25, -0.2) is 14.6 Å². The number of aromatic nitrogens is 4. The summed E-state index contributed by atoms with van der Waals surface area (Å²) in [5.41, 5.74) is 13.9. The maximum atomic E-state index is 12.9. The SMILES string of the molecule is CC(C)[C@@H](N)C(=O)N1CCC[C@@H](n2ncc3c(N)nc(-c4ccc(Oc5ccccc5)cc4)nc32)C1. The molecule has 5 rings (SSSR count). The van der Waals surface area contributed by atoms with Gasteiger partial charge in [-0.1, -0.05) is 32.0 Å². The maximum absolute atomic E-state index is 12.9. The van der Waals surface area contributed by atoms with E-state index in [0.717, 1.165) is 29.9 Å². The van der Waals surface area contributed by atoms with E-state index < -0.39 is 6.04 Å². The van der Waals surface area contributed by atoms with Crippen molar-refractivity contribution in [3.63, 3.8) is 0 Å². The third-order valence-electron chi connectivity index (χ3n) is 6.63. The first-order valence-electron chi connectivity index (χ1n) is 12.3. The van der Waals surface area contributed by atoms with Gasteiger partial charge in [0, 0.05) is 18.7 Å². The summed E-state index contributed by atoms with van der Waals surface area (Å²) < 4.78 is 7.77. The van der Waals surface area contributed by atoms with Gasteiger partial charge >= 0.3 is 0 Å². The van der Waals surface area contributed by atoms with Gasteiger partial charge < -0.3 is 21.1 Å². The molecule has 9 heteroatoms. The quantitative estimate of drug-likeness (QED) is 0.423. The van der Waals surface area contributed by atoms with E-state index in [9.17, 15) is 4.79 Å². The van der Waals surface area contributed by atoms with Gasteiger partial charge in [0.25, 0.3) is 0 Å². The molecule has 186 valence electrons. The topological polar surface area (TPSA) is 125 Å². The van der Waals surface area contributed by atoms with E-state index in [-0.39, 0.29) is 17.9 Å². The molecule has 3 heterocycles. The first kappa shape index (κ1) is 23.7. The number of anilines is 1. The third kappa shape index (κ3) is 4.74. The van der Waals surface area contributed by atoms with Crippen LogP contribution >= 0.6 is 0 Å². The van der Waals surface area contributed by atoms with E-state index in [1.165, 1.54) is 0 Å². The second-order valence-electron chi connectivity index (χ2n) is 9.55. The average Bonchev–Trinajstić information content (AvgIpc) is 3.33. The van der Waals surface area contributed by atoms with Crippen molar-refractivity contribution in [2.45, 2.75) is 38.8 Å². The number of para-hydroxylation sites is 1. The second kappa shape index (κ2) is 9.94. The Bertz CT molecular complexity index is 1350. The Morgan fingerprint density at radius 2 is 1.78 bits per heavy atom. The molecule has 9 nitrogen and oxygen atoms in total. The minimum atomic E-state index is -0.503. The van der Waals surface area contributed by atoms with Gasteiger partial charge in [-0.2, -0.15) is 5.10 Å². The van der Waals surface area contributed by atoms with Crippen molar-refractivity contribution in [2.75, 3.05) is 18.8 Å². The maximum Gasteiger partial charge on any atom is 0.239 e. The Morgan fingerprint density at radius 1 is 1.06 bits per heavy atom. The lowest BCUT2D eigenvalue weighted by atomic mass is 10.0. The number of piperidine rings is 1. The second-order valence-corrected chi connectivity index (χ2v) is 9.55. The van der Waals surface area contributed by atoms with E-state index in [1.807, 2.05) is 78.0 Å². The molecule has 1 amide bonds. The smallest absolute Gasteiger partial charge is 0.239 e. The first-order valence-corrected chi connectivity index (χ1v) is 12.3. The number of nitrogens with zero attached hydrogens (tertiary/aromatic N) is 5. The van der Waals surface area contributed by atoms with E-state index in [0.29, 0.717) is 35.8 Å². The highest BCUT2D eigenvalue weighted by Gasteiger charge is 2.30. The number of nitrogens with two attached hydrogens (primary N) is 2. The van der Waals surface area contributed by atoms with Crippen LogP contribution in [0.25, 0.3) is 22.4 Å². The monoisotopic (exact) mass is 485 g/mol. The minimum absolute atomic E-state index is 0.0108. The molecule has 2 atom stereocenters. The molecular formula is C27H31N7O2. The van der Waals surface area contributed by atoms with E-state index >= 15 is 0 Å². The highest BCUT2D eigenvalue weighted by atomic mass is 16.5. The lowest BCUT2D eigenvalue weighted by Gasteiger charge is -2.35. The molecule has 0 radical (unpaired) electrons. The van der Waals surface area contributed by atoms with Gasteiger partial charge in [-0.3, -0.25) is 4.79 Å².